The molecule has 0 aliphatic heterocycles. The van der Waals surface area contributed by atoms with Crippen molar-refractivity contribution in [1.82, 2.24) is 0 Å². The van der Waals surface area contributed by atoms with Gasteiger partial charge in [0.05, 0.1) is 18.2 Å². The van der Waals surface area contributed by atoms with Crippen LogP contribution in [0.2, 0.25) is 0 Å². The van der Waals surface area contributed by atoms with Crippen LogP contribution >= 0.6 is 15.9 Å². The molecule has 118 valence electrons. The van der Waals surface area contributed by atoms with E-state index in [9.17, 15) is 4.79 Å². The third-order valence-corrected chi connectivity index (χ3v) is 6.42. The second-order valence-corrected chi connectivity index (χ2v) is 8.41. The fourth-order valence-electron chi connectivity index (χ4n) is 5.41. The summed E-state index contributed by atoms with van der Waals surface area (Å²) in [5.74, 6) is 3.27. The van der Waals surface area contributed by atoms with Crippen LogP contribution < -0.4 is 10.1 Å². The summed E-state index contributed by atoms with van der Waals surface area (Å²) in [7, 11) is 1.64. The highest BCUT2D eigenvalue weighted by Gasteiger charge is 2.54. The van der Waals surface area contributed by atoms with Crippen LogP contribution in [0.5, 0.6) is 5.75 Å². The molecule has 0 saturated heterocycles. The number of carbonyl (C=O) groups excluding carboxylic acids is 1. The molecule has 4 bridgehead atoms. The first-order valence-corrected chi connectivity index (χ1v) is 9.02. The zero-order chi connectivity index (χ0) is 15.3. The molecule has 0 spiro atoms. The predicted molar refractivity (Wildman–Crippen MR) is 89.9 cm³/mol. The van der Waals surface area contributed by atoms with Crippen LogP contribution in [-0.2, 0) is 4.79 Å². The number of hydrogen-bond acceptors (Lipinski definition) is 2. The third kappa shape index (κ3) is 2.36. The molecule has 4 aliphatic rings. The highest BCUT2D eigenvalue weighted by molar-refractivity contribution is 9.10. The number of benzene rings is 1. The summed E-state index contributed by atoms with van der Waals surface area (Å²) in [5.41, 5.74) is 0.666. The van der Waals surface area contributed by atoms with E-state index in [0.29, 0.717) is 5.75 Å². The molecule has 0 radical (unpaired) electrons. The lowest BCUT2D eigenvalue weighted by Crippen LogP contribution is -2.51. The molecule has 1 aromatic rings. The summed E-state index contributed by atoms with van der Waals surface area (Å²) >= 11 is 3.44. The standard InChI is InChI=1S/C18H22BrNO2/c1-22-16-7-14(19)2-3-15(16)20-17(21)18-8-11-4-12(9-18)6-13(5-11)10-18/h2-3,7,11-13H,4-6,8-10H2,1H3,(H,20,21). The number of carbonyl (C=O) groups is 1. The maximum Gasteiger partial charge on any atom is 0.230 e. The van der Waals surface area contributed by atoms with E-state index in [1.807, 2.05) is 18.2 Å². The molecule has 4 saturated carbocycles. The van der Waals surface area contributed by atoms with Crippen molar-refractivity contribution in [1.29, 1.82) is 0 Å². The van der Waals surface area contributed by atoms with Crippen molar-refractivity contribution in [3.8, 4) is 5.75 Å². The Morgan fingerprint density at radius 1 is 1.18 bits per heavy atom. The molecule has 4 fully saturated rings. The average Bonchev–Trinajstić information content (AvgIpc) is 2.47. The van der Waals surface area contributed by atoms with Crippen molar-refractivity contribution in [2.75, 3.05) is 12.4 Å². The predicted octanol–water partition coefficient (Wildman–Crippen LogP) is 4.61. The van der Waals surface area contributed by atoms with E-state index in [1.54, 1.807) is 7.11 Å². The zero-order valence-corrected chi connectivity index (χ0v) is 14.5. The second kappa shape index (κ2) is 5.26. The molecule has 1 N–H and O–H groups in total. The maximum absolute atomic E-state index is 13.0. The Morgan fingerprint density at radius 3 is 2.32 bits per heavy atom. The van der Waals surface area contributed by atoms with Gasteiger partial charge in [0.25, 0.3) is 0 Å². The van der Waals surface area contributed by atoms with Gasteiger partial charge in [-0.3, -0.25) is 4.79 Å². The van der Waals surface area contributed by atoms with E-state index >= 15 is 0 Å². The SMILES string of the molecule is COc1cc(Br)ccc1NC(=O)C12CC3CC(CC(C3)C1)C2. The van der Waals surface area contributed by atoms with E-state index in [-0.39, 0.29) is 11.3 Å². The summed E-state index contributed by atoms with van der Waals surface area (Å²) in [4.78, 5) is 13.0. The molecule has 0 atom stereocenters. The topological polar surface area (TPSA) is 38.3 Å². The van der Waals surface area contributed by atoms with Crippen LogP contribution in [0.25, 0.3) is 0 Å². The van der Waals surface area contributed by atoms with Crippen molar-refractivity contribution in [3.05, 3.63) is 22.7 Å². The molecule has 22 heavy (non-hydrogen) atoms. The Kier molecular flexibility index (Phi) is 3.48. The quantitative estimate of drug-likeness (QED) is 0.851. The molecule has 0 unspecified atom stereocenters. The van der Waals surface area contributed by atoms with Crippen LogP contribution in [0.3, 0.4) is 0 Å². The van der Waals surface area contributed by atoms with Gasteiger partial charge in [-0.2, -0.15) is 0 Å². The van der Waals surface area contributed by atoms with Gasteiger partial charge in [0.2, 0.25) is 5.91 Å². The summed E-state index contributed by atoms with van der Waals surface area (Å²) in [6, 6.07) is 5.76. The summed E-state index contributed by atoms with van der Waals surface area (Å²) in [6.07, 6.45) is 7.33. The van der Waals surface area contributed by atoms with Crippen LogP contribution in [0, 0.1) is 23.2 Å². The number of ether oxygens (including phenoxy) is 1. The van der Waals surface area contributed by atoms with Crippen molar-refractivity contribution >= 4 is 27.5 Å². The summed E-state index contributed by atoms with van der Waals surface area (Å²) in [6.45, 7) is 0. The lowest BCUT2D eigenvalue weighted by Gasteiger charge is -2.55. The third-order valence-electron chi connectivity index (χ3n) is 5.93. The number of halogens is 1. The molecule has 1 aromatic carbocycles. The second-order valence-electron chi connectivity index (χ2n) is 7.50. The van der Waals surface area contributed by atoms with Gasteiger partial charge in [-0.25, -0.2) is 0 Å². The largest absolute Gasteiger partial charge is 0.495 e. The lowest BCUT2D eigenvalue weighted by atomic mass is 9.49. The number of anilines is 1. The smallest absolute Gasteiger partial charge is 0.230 e. The van der Waals surface area contributed by atoms with Crippen LogP contribution in [0.1, 0.15) is 38.5 Å². The number of methoxy groups -OCH3 is 1. The number of amides is 1. The van der Waals surface area contributed by atoms with Gasteiger partial charge in [-0.15, -0.1) is 0 Å². The minimum absolute atomic E-state index is 0.118. The van der Waals surface area contributed by atoms with E-state index < -0.39 is 0 Å². The van der Waals surface area contributed by atoms with Crippen molar-refractivity contribution in [3.63, 3.8) is 0 Å². The van der Waals surface area contributed by atoms with Crippen LogP contribution in [0.15, 0.2) is 22.7 Å². The maximum atomic E-state index is 13.0. The van der Waals surface area contributed by atoms with Gasteiger partial charge >= 0.3 is 0 Å². The Labute approximate surface area is 139 Å². The normalized spacial score (nSPS) is 35.5. The van der Waals surface area contributed by atoms with Crippen LogP contribution in [0.4, 0.5) is 5.69 Å². The van der Waals surface area contributed by atoms with E-state index in [2.05, 4.69) is 21.2 Å². The van der Waals surface area contributed by atoms with Gasteiger partial charge in [-0.05, 0) is 74.5 Å². The first kappa shape index (κ1) is 14.6. The van der Waals surface area contributed by atoms with E-state index in [4.69, 9.17) is 4.74 Å². The molecule has 4 heteroatoms. The number of hydrogen-bond donors (Lipinski definition) is 1. The molecule has 3 nitrogen and oxygen atoms in total. The minimum atomic E-state index is -0.118. The summed E-state index contributed by atoms with van der Waals surface area (Å²) in [5, 5.41) is 3.16. The van der Waals surface area contributed by atoms with E-state index in [0.717, 1.165) is 47.2 Å². The first-order valence-electron chi connectivity index (χ1n) is 8.23. The molecular formula is C18H22BrNO2. The highest BCUT2D eigenvalue weighted by Crippen LogP contribution is 2.60. The molecular weight excluding hydrogens is 342 g/mol. The number of rotatable bonds is 3. The Hall–Kier alpha value is -1.03. The van der Waals surface area contributed by atoms with Gasteiger partial charge in [0.1, 0.15) is 5.75 Å². The fourth-order valence-corrected chi connectivity index (χ4v) is 5.75. The Bertz CT molecular complexity index is 578. The molecule has 0 heterocycles. The zero-order valence-electron chi connectivity index (χ0n) is 12.9. The average molecular weight is 364 g/mol. The van der Waals surface area contributed by atoms with Gasteiger partial charge in [0, 0.05) is 4.47 Å². The fraction of sp³-hybridized carbons (Fsp3) is 0.611. The monoisotopic (exact) mass is 363 g/mol. The molecule has 4 aliphatic carbocycles. The van der Waals surface area contributed by atoms with Crippen molar-refractivity contribution in [2.45, 2.75) is 38.5 Å². The van der Waals surface area contributed by atoms with Crippen molar-refractivity contribution < 1.29 is 9.53 Å². The Morgan fingerprint density at radius 2 is 1.77 bits per heavy atom. The first-order chi connectivity index (χ1) is 10.6. The lowest BCUT2D eigenvalue weighted by molar-refractivity contribution is -0.140. The van der Waals surface area contributed by atoms with Gasteiger partial charge < -0.3 is 10.1 Å². The molecule has 5 rings (SSSR count). The molecule has 0 aromatic heterocycles. The molecule has 1 amide bonds. The highest BCUT2D eigenvalue weighted by atomic mass is 79.9. The minimum Gasteiger partial charge on any atom is -0.495 e. The Balaban J connectivity index is 1.58. The summed E-state index contributed by atoms with van der Waals surface area (Å²) < 4.78 is 6.36. The van der Waals surface area contributed by atoms with Crippen molar-refractivity contribution in [2.24, 2.45) is 23.2 Å². The number of nitrogens with one attached hydrogen (secondary N) is 1. The van der Waals surface area contributed by atoms with Gasteiger partial charge in [-0.1, -0.05) is 15.9 Å². The van der Waals surface area contributed by atoms with Crippen LogP contribution in [-0.4, -0.2) is 13.0 Å². The van der Waals surface area contributed by atoms with Gasteiger partial charge in [0.15, 0.2) is 0 Å². The van der Waals surface area contributed by atoms with E-state index in [1.165, 1.54) is 19.3 Å².